The fraction of sp³-hybridized carbons (Fsp3) is 0.182. The van der Waals surface area contributed by atoms with Crippen LogP contribution in [0.5, 0.6) is 0 Å². The van der Waals surface area contributed by atoms with Crippen LogP contribution in [-0.4, -0.2) is 4.01 Å². The SMILES string of the molecule is CC1=C/C=C/C=C(/C)C=IC=C1. The standard InChI is InChI=1S/C11H13I/c1-10-5-3-4-6-11(2)9-12-8-7-10/h3-9H,1-2H3/b4-3+,5-3?,6-4?,8-7?,10-5?,10-7?,11-6-,11-9?. The van der Waals surface area contributed by atoms with E-state index < -0.39 is 0 Å². The van der Waals surface area contributed by atoms with Gasteiger partial charge in [0.2, 0.25) is 0 Å². The van der Waals surface area contributed by atoms with Crippen LogP contribution in [0.1, 0.15) is 13.8 Å². The summed E-state index contributed by atoms with van der Waals surface area (Å²) in [6.45, 7) is 4.28. The van der Waals surface area contributed by atoms with Crippen LogP contribution in [0.2, 0.25) is 0 Å². The van der Waals surface area contributed by atoms with Crippen molar-refractivity contribution in [2.75, 3.05) is 0 Å². The van der Waals surface area contributed by atoms with Gasteiger partial charge in [0.15, 0.2) is 0 Å². The first kappa shape index (κ1) is 9.65. The zero-order valence-electron chi connectivity index (χ0n) is 7.42. The van der Waals surface area contributed by atoms with E-state index >= 15 is 0 Å². The van der Waals surface area contributed by atoms with Crippen LogP contribution in [0.15, 0.2) is 45.6 Å². The molecule has 0 atom stereocenters. The van der Waals surface area contributed by atoms with Crippen LogP contribution in [0, 0.1) is 0 Å². The summed E-state index contributed by atoms with van der Waals surface area (Å²) >= 11 is 0.124. The van der Waals surface area contributed by atoms with E-state index in [1.54, 1.807) is 0 Å². The van der Waals surface area contributed by atoms with Gasteiger partial charge in [-0.15, -0.1) is 0 Å². The molecule has 0 fully saturated rings. The minimum atomic E-state index is 0.124. The summed E-state index contributed by atoms with van der Waals surface area (Å²) in [5, 5.41) is 0. The molecule has 12 heavy (non-hydrogen) atoms. The lowest BCUT2D eigenvalue weighted by atomic mass is 10.2. The molecule has 0 bridgehead atoms. The molecule has 0 unspecified atom stereocenters. The molecule has 1 heteroatoms. The van der Waals surface area contributed by atoms with Crippen molar-refractivity contribution in [1.29, 1.82) is 0 Å². The molecule has 0 aromatic carbocycles. The summed E-state index contributed by atoms with van der Waals surface area (Å²) < 4.78 is 4.62. The minimum absolute atomic E-state index is 0.124. The summed E-state index contributed by atoms with van der Waals surface area (Å²) in [5.41, 5.74) is 2.70. The van der Waals surface area contributed by atoms with Gasteiger partial charge in [-0.3, -0.25) is 0 Å². The Labute approximate surface area is 84.1 Å². The Balaban J connectivity index is 2.90. The van der Waals surface area contributed by atoms with Gasteiger partial charge in [-0.05, 0) is 27.5 Å². The second-order valence-corrected chi connectivity index (χ2v) is 4.80. The molecule has 0 spiro atoms. The highest BCUT2D eigenvalue weighted by atomic mass is 127. The largest absolute Gasteiger partial charge is 0.0934 e. The van der Waals surface area contributed by atoms with E-state index in [0.717, 1.165) is 0 Å². The third kappa shape index (κ3) is 3.81. The Bertz CT molecular complexity index is 258. The molecule has 0 aromatic rings. The maximum atomic E-state index is 2.33. The van der Waals surface area contributed by atoms with Crippen molar-refractivity contribution in [3.63, 3.8) is 0 Å². The summed E-state index contributed by atoms with van der Waals surface area (Å²) in [7, 11) is 0. The van der Waals surface area contributed by atoms with Crippen LogP contribution < -0.4 is 0 Å². The van der Waals surface area contributed by atoms with Gasteiger partial charge in [-0.1, -0.05) is 56.7 Å². The lowest BCUT2D eigenvalue weighted by molar-refractivity contribution is 1.53. The quantitative estimate of drug-likeness (QED) is 0.589. The molecule has 0 N–H and O–H groups in total. The predicted molar refractivity (Wildman–Crippen MR) is 65.9 cm³/mol. The van der Waals surface area contributed by atoms with Crippen molar-refractivity contribution < 1.29 is 0 Å². The van der Waals surface area contributed by atoms with Crippen molar-refractivity contribution in [2.45, 2.75) is 13.8 Å². The molecule has 0 nitrogen and oxygen atoms in total. The van der Waals surface area contributed by atoms with Crippen LogP contribution in [-0.2, 0) is 0 Å². The number of hydrogen-bond donors (Lipinski definition) is 0. The molecule has 0 aromatic heterocycles. The van der Waals surface area contributed by atoms with E-state index in [2.05, 4.69) is 52.3 Å². The fourth-order valence-corrected chi connectivity index (χ4v) is 2.54. The van der Waals surface area contributed by atoms with Crippen LogP contribution >= 0.6 is 20.7 Å². The van der Waals surface area contributed by atoms with Crippen LogP contribution in [0.4, 0.5) is 0 Å². The molecular weight excluding hydrogens is 259 g/mol. The topological polar surface area (TPSA) is 0 Å². The van der Waals surface area contributed by atoms with Crippen molar-refractivity contribution in [2.24, 2.45) is 0 Å². The normalized spacial score (nSPS) is 24.8. The van der Waals surface area contributed by atoms with Gasteiger partial charge in [-0.25, -0.2) is 0 Å². The smallest absolute Gasteiger partial charge is 0.0257 e. The highest BCUT2D eigenvalue weighted by Crippen LogP contribution is 2.07. The third-order valence-electron chi connectivity index (χ3n) is 1.46. The van der Waals surface area contributed by atoms with Gasteiger partial charge < -0.3 is 0 Å². The molecule has 1 heterocycles. The molecule has 0 amide bonds. The molecule has 0 radical (unpaired) electrons. The molecule has 0 saturated carbocycles. The highest BCUT2D eigenvalue weighted by Gasteiger charge is 1.81. The molecule has 1 aliphatic rings. The van der Waals surface area contributed by atoms with Gasteiger partial charge in [0.05, 0.1) is 0 Å². The molecular formula is C11H13I. The van der Waals surface area contributed by atoms with Crippen molar-refractivity contribution in [3.8, 4) is 0 Å². The van der Waals surface area contributed by atoms with Gasteiger partial charge in [0, 0.05) is 0 Å². The lowest BCUT2D eigenvalue weighted by Gasteiger charge is -1.90. The van der Waals surface area contributed by atoms with E-state index in [0.29, 0.717) is 0 Å². The fourth-order valence-electron chi connectivity index (χ4n) is 0.778. The molecule has 1 rings (SSSR count). The Morgan fingerprint density at radius 2 is 1.67 bits per heavy atom. The van der Waals surface area contributed by atoms with Gasteiger partial charge >= 0.3 is 0 Å². The molecule has 1 aliphatic heterocycles. The minimum Gasteiger partial charge on any atom is -0.0934 e. The Morgan fingerprint density at radius 3 is 2.42 bits per heavy atom. The summed E-state index contributed by atoms with van der Waals surface area (Å²) in [5.74, 6) is 0. The van der Waals surface area contributed by atoms with Gasteiger partial charge in [0.1, 0.15) is 0 Å². The van der Waals surface area contributed by atoms with E-state index in [1.165, 1.54) is 11.1 Å². The highest BCUT2D eigenvalue weighted by molar-refractivity contribution is 14.2. The summed E-state index contributed by atoms with van der Waals surface area (Å²) in [6, 6.07) is 0. The lowest BCUT2D eigenvalue weighted by Crippen LogP contribution is -1.72. The van der Waals surface area contributed by atoms with Crippen LogP contribution in [0.3, 0.4) is 0 Å². The number of allylic oxidation sites excluding steroid dienone is 7. The maximum absolute atomic E-state index is 2.33. The Hall–Kier alpha value is -0.440. The third-order valence-corrected chi connectivity index (χ3v) is 3.58. The molecule has 0 saturated heterocycles. The first-order valence-corrected chi connectivity index (χ1v) is 6.42. The zero-order valence-corrected chi connectivity index (χ0v) is 9.58. The average Bonchev–Trinajstić information content (AvgIpc) is 2.06. The van der Waals surface area contributed by atoms with Crippen molar-refractivity contribution in [3.05, 3.63) is 45.6 Å². The summed E-state index contributed by atoms with van der Waals surface area (Å²) in [6.07, 6.45) is 10.7. The summed E-state index contributed by atoms with van der Waals surface area (Å²) in [4.78, 5) is 0. The van der Waals surface area contributed by atoms with E-state index in [1.807, 2.05) is 0 Å². The number of rotatable bonds is 0. The van der Waals surface area contributed by atoms with Crippen molar-refractivity contribution >= 4 is 24.7 Å². The van der Waals surface area contributed by atoms with Crippen molar-refractivity contribution in [1.82, 2.24) is 0 Å². The predicted octanol–water partition coefficient (Wildman–Crippen LogP) is 3.74. The second kappa shape index (κ2) is 5.25. The Morgan fingerprint density at radius 1 is 1.00 bits per heavy atom. The number of hydrogen-bond acceptors (Lipinski definition) is 0. The van der Waals surface area contributed by atoms with E-state index in [4.69, 9.17) is 0 Å². The Kier molecular flexibility index (Phi) is 4.22. The monoisotopic (exact) mass is 272 g/mol. The first-order chi connectivity index (χ1) is 5.79. The van der Waals surface area contributed by atoms with Crippen LogP contribution in [0.25, 0.3) is 0 Å². The first-order valence-electron chi connectivity index (χ1n) is 3.92. The zero-order chi connectivity index (χ0) is 8.81. The van der Waals surface area contributed by atoms with E-state index in [9.17, 15) is 0 Å². The average molecular weight is 272 g/mol. The second-order valence-electron chi connectivity index (χ2n) is 2.73. The molecule has 0 aliphatic carbocycles. The molecule has 64 valence electrons. The van der Waals surface area contributed by atoms with E-state index in [-0.39, 0.29) is 20.7 Å². The maximum Gasteiger partial charge on any atom is -0.0257 e. The van der Waals surface area contributed by atoms with Gasteiger partial charge in [-0.2, -0.15) is 0 Å². The van der Waals surface area contributed by atoms with Gasteiger partial charge in [0.25, 0.3) is 0 Å². The number of halogens is 1.